The number of nitrogens with zero attached hydrogens (tertiary/aromatic N) is 2. The van der Waals surface area contributed by atoms with Crippen LogP contribution in [0.1, 0.15) is 11.1 Å². The van der Waals surface area contributed by atoms with E-state index in [0.29, 0.717) is 31.0 Å². The first-order chi connectivity index (χ1) is 16.4. The summed E-state index contributed by atoms with van der Waals surface area (Å²) in [4.78, 5) is 29.8. The zero-order valence-corrected chi connectivity index (χ0v) is 19.9. The number of carbonyl (C=O) groups excluding carboxylic acids is 2. The molecule has 0 unspecified atom stereocenters. The maximum absolute atomic E-state index is 13.7. The van der Waals surface area contributed by atoms with Gasteiger partial charge in [0.1, 0.15) is 17.9 Å². The van der Waals surface area contributed by atoms with Crippen molar-refractivity contribution in [3.8, 4) is 5.75 Å². The van der Waals surface area contributed by atoms with E-state index in [1.807, 2.05) is 72.6 Å². The number of urea groups is 1. The first-order valence-electron chi connectivity index (χ1n) is 11.2. The smallest absolute Gasteiger partial charge is 0.326 e. The Kier molecular flexibility index (Phi) is 7.50. The predicted octanol–water partition coefficient (Wildman–Crippen LogP) is 4.38. The van der Waals surface area contributed by atoms with Crippen molar-refractivity contribution >= 4 is 23.5 Å². The highest BCUT2D eigenvalue weighted by atomic mass is 35.5. The van der Waals surface area contributed by atoms with Gasteiger partial charge in [-0.15, -0.1) is 0 Å². The molecule has 1 aliphatic rings. The van der Waals surface area contributed by atoms with Crippen LogP contribution in [-0.4, -0.2) is 54.1 Å². The zero-order valence-electron chi connectivity index (χ0n) is 19.1. The topological polar surface area (TPSA) is 61.9 Å². The first-order valence-corrected chi connectivity index (χ1v) is 11.6. The molecular weight excluding hydrogens is 450 g/mol. The van der Waals surface area contributed by atoms with E-state index in [0.717, 1.165) is 16.9 Å². The fourth-order valence-electron chi connectivity index (χ4n) is 4.16. The molecule has 34 heavy (non-hydrogen) atoms. The number of benzene rings is 3. The molecule has 3 aromatic rings. The third kappa shape index (κ3) is 5.76. The Morgan fingerprint density at radius 2 is 1.44 bits per heavy atom. The van der Waals surface area contributed by atoms with Crippen LogP contribution in [0, 0.1) is 0 Å². The van der Waals surface area contributed by atoms with Crippen molar-refractivity contribution in [2.45, 2.75) is 18.4 Å². The van der Waals surface area contributed by atoms with Crippen molar-refractivity contribution in [3.63, 3.8) is 0 Å². The Hall–Kier alpha value is -3.35. The summed E-state index contributed by atoms with van der Waals surface area (Å²) in [6.45, 7) is 1.14. The lowest BCUT2D eigenvalue weighted by atomic mass is 9.84. The molecule has 0 aliphatic carbocycles. The van der Waals surface area contributed by atoms with Gasteiger partial charge >= 0.3 is 6.03 Å². The quantitative estimate of drug-likeness (QED) is 0.440. The van der Waals surface area contributed by atoms with Gasteiger partial charge in [0.05, 0.1) is 6.67 Å². The highest BCUT2D eigenvalue weighted by Crippen LogP contribution is 2.27. The van der Waals surface area contributed by atoms with Gasteiger partial charge in [0, 0.05) is 24.4 Å². The largest absolute Gasteiger partial charge is 0.492 e. The van der Waals surface area contributed by atoms with E-state index in [1.165, 1.54) is 4.90 Å². The molecule has 6 nitrogen and oxygen atoms in total. The molecule has 4 rings (SSSR count). The minimum Gasteiger partial charge on any atom is -0.492 e. The van der Waals surface area contributed by atoms with Crippen LogP contribution in [-0.2, 0) is 17.6 Å². The Bertz CT molecular complexity index is 1070. The lowest BCUT2D eigenvalue weighted by molar-refractivity contribution is -0.132. The molecule has 176 valence electrons. The Morgan fingerprint density at radius 1 is 0.882 bits per heavy atom. The number of likely N-dealkylation sites (N-methyl/N-ethyl adjacent to an activating group) is 1. The summed E-state index contributed by atoms with van der Waals surface area (Å²) in [7, 11) is 1.86. The van der Waals surface area contributed by atoms with E-state index >= 15 is 0 Å². The number of rotatable bonds is 10. The van der Waals surface area contributed by atoms with Crippen LogP contribution < -0.4 is 10.1 Å². The molecule has 0 spiro atoms. The van der Waals surface area contributed by atoms with Crippen LogP contribution in [0.4, 0.5) is 4.79 Å². The molecule has 0 radical (unpaired) electrons. The number of ether oxygens (including phenoxy) is 1. The summed E-state index contributed by atoms with van der Waals surface area (Å²) < 4.78 is 5.74. The minimum atomic E-state index is -1.03. The van der Waals surface area contributed by atoms with E-state index < -0.39 is 5.54 Å². The predicted molar refractivity (Wildman–Crippen MR) is 133 cm³/mol. The summed E-state index contributed by atoms with van der Waals surface area (Å²) >= 11 is 5.90. The Labute approximate surface area is 205 Å². The second-order valence-corrected chi connectivity index (χ2v) is 9.03. The maximum atomic E-state index is 13.7. The highest BCUT2D eigenvalue weighted by Gasteiger charge is 2.51. The van der Waals surface area contributed by atoms with E-state index in [1.54, 1.807) is 24.3 Å². The zero-order chi connectivity index (χ0) is 24.0. The summed E-state index contributed by atoms with van der Waals surface area (Å²) in [5.74, 6) is 0.508. The monoisotopic (exact) mass is 477 g/mol. The fraction of sp³-hybridized carbons (Fsp3) is 0.259. The van der Waals surface area contributed by atoms with Crippen molar-refractivity contribution in [1.29, 1.82) is 0 Å². The summed E-state index contributed by atoms with van der Waals surface area (Å²) in [5.41, 5.74) is 0.970. The van der Waals surface area contributed by atoms with Gasteiger partial charge in [0.25, 0.3) is 5.91 Å². The average molecular weight is 478 g/mol. The number of halogens is 1. The Morgan fingerprint density at radius 3 is 2.00 bits per heavy atom. The van der Waals surface area contributed by atoms with Crippen LogP contribution in [0.25, 0.3) is 0 Å². The first kappa shape index (κ1) is 23.8. The van der Waals surface area contributed by atoms with Crippen LogP contribution >= 0.6 is 11.6 Å². The molecule has 0 bridgehead atoms. The molecule has 0 atom stereocenters. The second kappa shape index (κ2) is 10.7. The summed E-state index contributed by atoms with van der Waals surface area (Å²) in [6.07, 6.45) is 0.848. The number of amides is 3. The Balaban J connectivity index is 1.44. The molecule has 0 saturated carbocycles. The number of carbonyl (C=O) groups is 2. The number of hydrogen-bond acceptors (Lipinski definition) is 4. The molecule has 1 saturated heterocycles. The van der Waals surface area contributed by atoms with Crippen molar-refractivity contribution < 1.29 is 14.3 Å². The van der Waals surface area contributed by atoms with Crippen LogP contribution in [0.5, 0.6) is 5.75 Å². The van der Waals surface area contributed by atoms with Crippen molar-refractivity contribution in [2.24, 2.45) is 0 Å². The summed E-state index contributed by atoms with van der Waals surface area (Å²) in [6, 6.07) is 26.4. The van der Waals surface area contributed by atoms with E-state index in [4.69, 9.17) is 16.3 Å². The van der Waals surface area contributed by atoms with Gasteiger partial charge in [0.2, 0.25) is 0 Å². The third-order valence-corrected chi connectivity index (χ3v) is 6.13. The van der Waals surface area contributed by atoms with Gasteiger partial charge in [-0.2, -0.15) is 0 Å². The maximum Gasteiger partial charge on any atom is 0.326 e. The molecule has 3 aromatic carbocycles. The number of imide groups is 1. The lowest BCUT2D eigenvalue weighted by Gasteiger charge is -2.28. The summed E-state index contributed by atoms with van der Waals surface area (Å²) in [5, 5.41) is 3.67. The SMILES string of the molecule is CN(CCOc1ccc(Cl)cc1)CN1C(=O)NC(Cc2ccccc2)(Cc2ccccc2)C1=O. The van der Waals surface area contributed by atoms with Crippen LogP contribution in [0.2, 0.25) is 5.02 Å². The van der Waals surface area contributed by atoms with Crippen LogP contribution in [0.15, 0.2) is 84.9 Å². The second-order valence-electron chi connectivity index (χ2n) is 8.59. The molecule has 1 N–H and O–H groups in total. The average Bonchev–Trinajstić information content (AvgIpc) is 3.05. The minimum absolute atomic E-state index is 0.181. The van der Waals surface area contributed by atoms with Gasteiger partial charge < -0.3 is 10.1 Å². The van der Waals surface area contributed by atoms with Crippen molar-refractivity contribution in [2.75, 3.05) is 26.9 Å². The van der Waals surface area contributed by atoms with Crippen molar-refractivity contribution in [3.05, 3.63) is 101 Å². The van der Waals surface area contributed by atoms with Crippen LogP contribution in [0.3, 0.4) is 0 Å². The van der Waals surface area contributed by atoms with Gasteiger partial charge in [-0.25, -0.2) is 9.69 Å². The molecule has 1 aliphatic heterocycles. The normalized spacial score (nSPS) is 15.0. The van der Waals surface area contributed by atoms with E-state index in [2.05, 4.69) is 5.32 Å². The van der Waals surface area contributed by atoms with E-state index in [-0.39, 0.29) is 18.6 Å². The standard InChI is InChI=1S/C27H28ClN3O3/c1-30(16-17-34-24-14-12-23(28)13-15-24)20-31-25(32)27(29-26(31)33,18-21-8-4-2-5-9-21)19-22-10-6-3-7-11-22/h2-15H,16-20H2,1H3,(H,29,33). The number of nitrogens with one attached hydrogen (secondary N) is 1. The molecule has 7 heteroatoms. The fourth-order valence-corrected chi connectivity index (χ4v) is 4.28. The van der Waals surface area contributed by atoms with Crippen molar-refractivity contribution in [1.82, 2.24) is 15.1 Å². The third-order valence-electron chi connectivity index (χ3n) is 5.88. The van der Waals surface area contributed by atoms with Gasteiger partial charge in [-0.1, -0.05) is 72.3 Å². The lowest BCUT2D eigenvalue weighted by Crippen LogP contribution is -2.51. The molecular formula is C27H28ClN3O3. The molecule has 1 fully saturated rings. The number of hydrogen-bond donors (Lipinski definition) is 1. The van der Waals surface area contributed by atoms with Gasteiger partial charge in [0.15, 0.2) is 0 Å². The highest BCUT2D eigenvalue weighted by molar-refractivity contribution is 6.30. The molecule has 0 aromatic heterocycles. The molecule has 3 amide bonds. The van der Waals surface area contributed by atoms with Gasteiger partial charge in [-0.3, -0.25) is 9.69 Å². The van der Waals surface area contributed by atoms with Gasteiger partial charge in [-0.05, 0) is 42.4 Å². The molecule has 1 heterocycles. The van der Waals surface area contributed by atoms with E-state index in [9.17, 15) is 9.59 Å².